The van der Waals surface area contributed by atoms with E-state index in [-0.39, 0.29) is 11.9 Å². The number of primary amides is 1. The second-order valence-electron chi connectivity index (χ2n) is 5.21. The quantitative estimate of drug-likeness (QED) is 0.827. The molecule has 1 aromatic carbocycles. The summed E-state index contributed by atoms with van der Waals surface area (Å²) < 4.78 is 1.77. The van der Waals surface area contributed by atoms with Crippen molar-refractivity contribution in [1.29, 1.82) is 0 Å². The van der Waals surface area contributed by atoms with Gasteiger partial charge in [-0.25, -0.2) is 0 Å². The van der Waals surface area contributed by atoms with Crippen LogP contribution in [0, 0.1) is 0 Å². The molecular weight excluding hydrogens is 252 g/mol. The highest BCUT2D eigenvalue weighted by atomic mass is 16.1. The lowest BCUT2D eigenvalue weighted by Crippen LogP contribution is -2.45. The van der Waals surface area contributed by atoms with Crippen LogP contribution >= 0.6 is 0 Å². The Kier molecular flexibility index (Phi) is 3.52. The predicted octanol–water partition coefficient (Wildman–Crippen LogP) is 1.16. The molecule has 1 amide bonds. The summed E-state index contributed by atoms with van der Waals surface area (Å²) in [5.41, 5.74) is 7.59. The first-order valence-corrected chi connectivity index (χ1v) is 6.85. The zero-order valence-electron chi connectivity index (χ0n) is 11.2. The first kappa shape index (κ1) is 12.9. The molecule has 104 valence electrons. The van der Waals surface area contributed by atoms with Gasteiger partial charge in [0.1, 0.15) is 6.04 Å². The third kappa shape index (κ3) is 3.05. The van der Waals surface area contributed by atoms with Crippen LogP contribution in [0.4, 0.5) is 0 Å². The summed E-state index contributed by atoms with van der Waals surface area (Å²) in [6, 6.07) is 10.1. The molecule has 1 heterocycles. The summed E-state index contributed by atoms with van der Waals surface area (Å²) in [5.74, 6) is -0.325. The van der Waals surface area contributed by atoms with Crippen LogP contribution in [-0.4, -0.2) is 27.8 Å². The summed E-state index contributed by atoms with van der Waals surface area (Å²) in [4.78, 5) is 11.5. The van der Waals surface area contributed by atoms with Crippen molar-refractivity contribution in [3.8, 4) is 11.1 Å². The number of rotatable bonds is 6. The maximum absolute atomic E-state index is 11.5. The lowest BCUT2D eigenvalue weighted by atomic mass is 10.1. The summed E-state index contributed by atoms with van der Waals surface area (Å²) >= 11 is 0. The average molecular weight is 270 g/mol. The maximum Gasteiger partial charge on any atom is 0.236 e. The van der Waals surface area contributed by atoms with Gasteiger partial charge in [-0.3, -0.25) is 9.48 Å². The molecule has 1 fully saturated rings. The highest BCUT2D eigenvalue weighted by molar-refractivity contribution is 5.79. The highest BCUT2D eigenvalue weighted by Gasteiger charge is 2.27. The molecule has 1 aliphatic rings. The molecule has 0 radical (unpaired) electrons. The van der Waals surface area contributed by atoms with Gasteiger partial charge in [0, 0.05) is 17.8 Å². The van der Waals surface area contributed by atoms with Crippen LogP contribution in [0.1, 0.15) is 12.8 Å². The van der Waals surface area contributed by atoms with Gasteiger partial charge in [-0.2, -0.15) is 5.10 Å². The molecule has 3 N–H and O–H groups in total. The van der Waals surface area contributed by atoms with Crippen molar-refractivity contribution in [2.75, 3.05) is 0 Å². The molecule has 1 atom stereocenters. The Morgan fingerprint density at radius 3 is 2.75 bits per heavy atom. The Labute approximate surface area is 117 Å². The molecular formula is C15H18N4O. The fourth-order valence-electron chi connectivity index (χ4n) is 2.19. The lowest BCUT2D eigenvalue weighted by Gasteiger charge is -2.14. The molecule has 1 aromatic heterocycles. The molecule has 1 saturated carbocycles. The number of hydrogen-bond donors (Lipinski definition) is 2. The van der Waals surface area contributed by atoms with E-state index in [9.17, 15) is 4.79 Å². The van der Waals surface area contributed by atoms with Gasteiger partial charge in [0.2, 0.25) is 5.91 Å². The summed E-state index contributed by atoms with van der Waals surface area (Å²) in [6.45, 7) is 0.471. The molecule has 1 aliphatic carbocycles. The fourth-order valence-corrected chi connectivity index (χ4v) is 2.19. The first-order chi connectivity index (χ1) is 9.72. The normalized spacial score (nSPS) is 16.0. The van der Waals surface area contributed by atoms with Crippen LogP contribution in [-0.2, 0) is 11.3 Å². The van der Waals surface area contributed by atoms with Crippen LogP contribution in [0.15, 0.2) is 42.7 Å². The van der Waals surface area contributed by atoms with E-state index in [0.717, 1.165) is 24.0 Å². The van der Waals surface area contributed by atoms with Crippen molar-refractivity contribution in [1.82, 2.24) is 15.1 Å². The van der Waals surface area contributed by atoms with Gasteiger partial charge in [-0.15, -0.1) is 0 Å². The van der Waals surface area contributed by atoms with E-state index in [2.05, 4.69) is 10.4 Å². The SMILES string of the molecule is NC(=O)C(Cn1cc(-c2ccccc2)cn1)NC1CC1. The molecule has 0 aliphatic heterocycles. The smallest absolute Gasteiger partial charge is 0.236 e. The zero-order valence-corrected chi connectivity index (χ0v) is 11.2. The molecule has 5 heteroatoms. The topological polar surface area (TPSA) is 72.9 Å². The lowest BCUT2D eigenvalue weighted by molar-refractivity contribution is -0.120. The van der Waals surface area contributed by atoms with E-state index < -0.39 is 0 Å². The summed E-state index contributed by atoms with van der Waals surface area (Å²) in [6.07, 6.45) is 6.00. The van der Waals surface area contributed by atoms with E-state index in [4.69, 9.17) is 5.73 Å². The second-order valence-corrected chi connectivity index (χ2v) is 5.21. The van der Waals surface area contributed by atoms with Crippen molar-refractivity contribution in [2.24, 2.45) is 5.73 Å². The van der Waals surface area contributed by atoms with Crippen molar-refractivity contribution < 1.29 is 4.79 Å². The molecule has 5 nitrogen and oxygen atoms in total. The van der Waals surface area contributed by atoms with Crippen molar-refractivity contribution in [2.45, 2.75) is 31.5 Å². The standard InChI is InChI=1S/C15H18N4O/c16-15(20)14(18-13-6-7-13)10-19-9-12(8-17-19)11-4-2-1-3-5-11/h1-5,8-9,13-14,18H,6-7,10H2,(H2,16,20). The van der Waals surface area contributed by atoms with Gasteiger partial charge in [0.15, 0.2) is 0 Å². The predicted molar refractivity (Wildman–Crippen MR) is 76.8 cm³/mol. The minimum atomic E-state index is -0.356. The van der Waals surface area contributed by atoms with E-state index in [1.165, 1.54) is 0 Å². The van der Waals surface area contributed by atoms with Gasteiger partial charge in [0.25, 0.3) is 0 Å². The number of nitrogens with two attached hydrogens (primary N) is 1. The Morgan fingerprint density at radius 1 is 1.35 bits per heavy atom. The number of hydrogen-bond acceptors (Lipinski definition) is 3. The molecule has 0 bridgehead atoms. The van der Waals surface area contributed by atoms with Gasteiger partial charge < -0.3 is 11.1 Å². The van der Waals surface area contributed by atoms with Crippen LogP contribution in [0.2, 0.25) is 0 Å². The number of carbonyl (C=O) groups is 1. The number of aromatic nitrogens is 2. The second kappa shape index (κ2) is 5.46. The zero-order chi connectivity index (χ0) is 13.9. The van der Waals surface area contributed by atoms with Crippen LogP contribution in [0.5, 0.6) is 0 Å². The number of amides is 1. The van der Waals surface area contributed by atoms with Crippen molar-refractivity contribution >= 4 is 5.91 Å². The Bertz CT molecular complexity index is 589. The third-order valence-electron chi connectivity index (χ3n) is 3.47. The Hall–Kier alpha value is -2.14. The summed E-state index contributed by atoms with van der Waals surface area (Å²) in [5, 5.41) is 7.56. The third-order valence-corrected chi connectivity index (χ3v) is 3.47. The Balaban J connectivity index is 1.71. The van der Waals surface area contributed by atoms with Gasteiger partial charge >= 0.3 is 0 Å². The summed E-state index contributed by atoms with van der Waals surface area (Å²) in [7, 11) is 0. The van der Waals surface area contributed by atoms with E-state index >= 15 is 0 Å². The average Bonchev–Trinajstić information content (AvgIpc) is 3.15. The minimum absolute atomic E-state index is 0.325. The molecule has 3 rings (SSSR count). The highest BCUT2D eigenvalue weighted by Crippen LogP contribution is 2.20. The number of carbonyl (C=O) groups excluding carboxylic acids is 1. The van der Waals surface area contributed by atoms with E-state index in [1.807, 2.05) is 42.7 Å². The van der Waals surface area contributed by atoms with Gasteiger partial charge in [-0.1, -0.05) is 30.3 Å². The van der Waals surface area contributed by atoms with Crippen molar-refractivity contribution in [3.05, 3.63) is 42.7 Å². The van der Waals surface area contributed by atoms with Crippen molar-refractivity contribution in [3.63, 3.8) is 0 Å². The largest absolute Gasteiger partial charge is 0.368 e. The first-order valence-electron chi connectivity index (χ1n) is 6.85. The molecule has 0 spiro atoms. The van der Waals surface area contributed by atoms with Crippen LogP contribution in [0.25, 0.3) is 11.1 Å². The number of benzene rings is 1. The van der Waals surface area contributed by atoms with Crippen LogP contribution in [0.3, 0.4) is 0 Å². The van der Waals surface area contributed by atoms with Gasteiger partial charge in [0.05, 0.1) is 12.7 Å². The molecule has 2 aromatic rings. The number of nitrogens with zero attached hydrogens (tertiary/aromatic N) is 2. The number of nitrogens with one attached hydrogen (secondary N) is 1. The fraction of sp³-hybridized carbons (Fsp3) is 0.333. The molecule has 0 saturated heterocycles. The maximum atomic E-state index is 11.5. The van der Waals surface area contributed by atoms with E-state index in [1.54, 1.807) is 4.68 Å². The monoisotopic (exact) mass is 270 g/mol. The molecule has 1 unspecified atom stereocenters. The van der Waals surface area contributed by atoms with E-state index in [0.29, 0.717) is 12.6 Å². The van der Waals surface area contributed by atoms with Crippen LogP contribution < -0.4 is 11.1 Å². The van der Waals surface area contributed by atoms with Gasteiger partial charge in [-0.05, 0) is 18.4 Å². The Morgan fingerprint density at radius 2 is 2.10 bits per heavy atom. The molecule has 20 heavy (non-hydrogen) atoms. The minimum Gasteiger partial charge on any atom is -0.368 e.